The molecule has 0 aliphatic carbocycles. The lowest BCUT2D eigenvalue weighted by atomic mass is 10.4. The summed E-state index contributed by atoms with van der Waals surface area (Å²) in [5.41, 5.74) is 0.932. The van der Waals surface area contributed by atoms with Crippen molar-refractivity contribution in [3.8, 4) is 0 Å². The van der Waals surface area contributed by atoms with E-state index in [1.807, 2.05) is 13.0 Å². The number of aryl methyl sites for hydroxylation is 1. The maximum Gasteiger partial charge on any atom is 0.147 e. The fourth-order valence-electron chi connectivity index (χ4n) is 0.874. The Morgan fingerprint density at radius 3 is 2.92 bits per heavy atom. The maximum atomic E-state index is 4.14. The molecule has 3 nitrogen and oxygen atoms in total. The Morgan fingerprint density at radius 1 is 1.50 bits per heavy atom. The number of nitrogens with one attached hydrogen (secondary N) is 1. The molecule has 0 aliphatic rings. The first-order chi connectivity index (χ1) is 5.84. The number of anilines is 1. The Hall–Kier alpha value is -1.38. The van der Waals surface area contributed by atoms with Crippen LogP contribution in [0.15, 0.2) is 25.0 Å². The fourth-order valence-corrected chi connectivity index (χ4v) is 0.874. The molecule has 0 saturated heterocycles. The van der Waals surface area contributed by atoms with Crippen LogP contribution < -0.4 is 5.32 Å². The van der Waals surface area contributed by atoms with E-state index in [9.17, 15) is 0 Å². The smallest absolute Gasteiger partial charge is 0.147 e. The molecule has 0 unspecified atom stereocenters. The first kappa shape index (κ1) is 8.71. The van der Waals surface area contributed by atoms with Crippen LogP contribution >= 0.6 is 0 Å². The van der Waals surface area contributed by atoms with Gasteiger partial charge in [-0.05, 0) is 13.3 Å². The highest BCUT2D eigenvalue weighted by molar-refractivity contribution is 5.38. The molecule has 0 aromatic carbocycles. The molecule has 3 heteroatoms. The highest BCUT2D eigenvalue weighted by Crippen LogP contribution is 2.05. The van der Waals surface area contributed by atoms with Gasteiger partial charge in [-0.3, -0.25) is 4.98 Å². The summed E-state index contributed by atoms with van der Waals surface area (Å²) in [5.74, 6) is 0.861. The van der Waals surface area contributed by atoms with Crippen LogP contribution in [0.1, 0.15) is 12.1 Å². The van der Waals surface area contributed by atoms with Crippen LogP contribution in [0, 0.1) is 6.92 Å². The SMILES string of the molecule is C=CCCNc1nccnc1C. The third kappa shape index (κ3) is 2.34. The van der Waals surface area contributed by atoms with Gasteiger partial charge in [0, 0.05) is 18.9 Å². The van der Waals surface area contributed by atoms with Gasteiger partial charge in [-0.1, -0.05) is 6.08 Å². The summed E-state index contributed by atoms with van der Waals surface area (Å²) >= 11 is 0. The zero-order chi connectivity index (χ0) is 8.81. The van der Waals surface area contributed by atoms with Gasteiger partial charge in [0.05, 0.1) is 5.69 Å². The highest BCUT2D eigenvalue weighted by Gasteiger charge is 1.95. The predicted molar refractivity (Wildman–Crippen MR) is 50.1 cm³/mol. The zero-order valence-corrected chi connectivity index (χ0v) is 7.25. The second-order valence-electron chi connectivity index (χ2n) is 2.49. The number of rotatable bonds is 4. The van der Waals surface area contributed by atoms with E-state index in [-0.39, 0.29) is 0 Å². The Labute approximate surface area is 72.6 Å². The molecule has 0 fully saturated rings. The van der Waals surface area contributed by atoms with Crippen LogP contribution in [0.4, 0.5) is 5.82 Å². The average Bonchev–Trinajstić information content (AvgIpc) is 2.09. The standard InChI is InChI=1S/C9H13N3/c1-3-4-5-11-9-8(2)10-6-7-12-9/h3,6-7H,1,4-5H2,2H3,(H,11,12). The number of hydrogen-bond donors (Lipinski definition) is 1. The maximum absolute atomic E-state index is 4.14. The Balaban J connectivity index is 2.51. The van der Waals surface area contributed by atoms with E-state index in [1.165, 1.54) is 0 Å². The minimum Gasteiger partial charge on any atom is -0.368 e. The zero-order valence-electron chi connectivity index (χ0n) is 7.25. The lowest BCUT2D eigenvalue weighted by Crippen LogP contribution is -2.04. The average molecular weight is 163 g/mol. The van der Waals surface area contributed by atoms with Crippen LogP contribution in [0.3, 0.4) is 0 Å². The highest BCUT2D eigenvalue weighted by atomic mass is 15.0. The minimum absolute atomic E-state index is 0.861. The van der Waals surface area contributed by atoms with Crippen LogP contribution in [0.2, 0.25) is 0 Å². The summed E-state index contributed by atoms with van der Waals surface area (Å²) in [4.78, 5) is 8.25. The molecule has 0 atom stereocenters. The summed E-state index contributed by atoms with van der Waals surface area (Å²) < 4.78 is 0. The van der Waals surface area contributed by atoms with E-state index < -0.39 is 0 Å². The molecule has 0 radical (unpaired) electrons. The van der Waals surface area contributed by atoms with Crippen LogP contribution in [0.5, 0.6) is 0 Å². The molecule has 1 N–H and O–H groups in total. The van der Waals surface area contributed by atoms with Gasteiger partial charge in [-0.15, -0.1) is 6.58 Å². The molecule has 1 aromatic heterocycles. The van der Waals surface area contributed by atoms with E-state index in [0.29, 0.717) is 0 Å². The molecule has 1 rings (SSSR count). The molecule has 0 spiro atoms. The summed E-state index contributed by atoms with van der Waals surface area (Å²) in [5, 5.41) is 3.17. The third-order valence-corrected chi connectivity index (χ3v) is 1.52. The van der Waals surface area contributed by atoms with Crippen molar-refractivity contribution in [1.82, 2.24) is 9.97 Å². The first-order valence-corrected chi connectivity index (χ1v) is 3.97. The Bertz CT molecular complexity index is 258. The lowest BCUT2D eigenvalue weighted by molar-refractivity contribution is 1.02. The fraction of sp³-hybridized carbons (Fsp3) is 0.333. The van der Waals surface area contributed by atoms with Crippen molar-refractivity contribution in [2.45, 2.75) is 13.3 Å². The molecule has 0 amide bonds. The summed E-state index contributed by atoms with van der Waals surface area (Å²) in [6, 6.07) is 0. The molecule has 1 aromatic rings. The normalized spacial score (nSPS) is 9.42. The van der Waals surface area contributed by atoms with Crippen molar-refractivity contribution < 1.29 is 0 Å². The van der Waals surface area contributed by atoms with Crippen molar-refractivity contribution in [2.75, 3.05) is 11.9 Å². The van der Waals surface area contributed by atoms with Gasteiger partial charge < -0.3 is 5.32 Å². The van der Waals surface area contributed by atoms with Crippen molar-refractivity contribution in [1.29, 1.82) is 0 Å². The molecule has 12 heavy (non-hydrogen) atoms. The van der Waals surface area contributed by atoms with Crippen LogP contribution in [0.25, 0.3) is 0 Å². The Kier molecular flexibility index (Phi) is 3.26. The van der Waals surface area contributed by atoms with Crippen molar-refractivity contribution >= 4 is 5.82 Å². The van der Waals surface area contributed by atoms with Gasteiger partial charge in [0.25, 0.3) is 0 Å². The second-order valence-corrected chi connectivity index (χ2v) is 2.49. The van der Waals surface area contributed by atoms with Crippen molar-refractivity contribution in [3.05, 3.63) is 30.7 Å². The van der Waals surface area contributed by atoms with Crippen LogP contribution in [-0.4, -0.2) is 16.5 Å². The molecule has 0 bridgehead atoms. The molecule has 0 aliphatic heterocycles. The van der Waals surface area contributed by atoms with Crippen LogP contribution in [-0.2, 0) is 0 Å². The minimum atomic E-state index is 0.861. The summed E-state index contributed by atoms with van der Waals surface area (Å²) in [7, 11) is 0. The summed E-state index contributed by atoms with van der Waals surface area (Å²) in [6.45, 7) is 6.44. The van der Waals surface area contributed by atoms with E-state index in [1.54, 1.807) is 12.4 Å². The number of aromatic nitrogens is 2. The van der Waals surface area contributed by atoms with Gasteiger partial charge >= 0.3 is 0 Å². The van der Waals surface area contributed by atoms with E-state index in [2.05, 4.69) is 21.9 Å². The van der Waals surface area contributed by atoms with E-state index >= 15 is 0 Å². The molecular formula is C9H13N3. The van der Waals surface area contributed by atoms with Crippen molar-refractivity contribution in [2.24, 2.45) is 0 Å². The van der Waals surface area contributed by atoms with Gasteiger partial charge in [-0.25, -0.2) is 4.98 Å². The molecular weight excluding hydrogens is 150 g/mol. The number of hydrogen-bond acceptors (Lipinski definition) is 3. The van der Waals surface area contributed by atoms with E-state index in [4.69, 9.17) is 0 Å². The van der Waals surface area contributed by atoms with Gasteiger partial charge in [0.2, 0.25) is 0 Å². The second kappa shape index (κ2) is 4.49. The Morgan fingerprint density at radius 2 is 2.25 bits per heavy atom. The summed E-state index contributed by atoms with van der Waals surface area (Å²) in [6.07, 6.45) is 6.19. The van der Waals surface area contributed by atoms with Gasteiger partial charge in [-0.2, -0.15) is 0 Å². The topological polar surface area (TPSA) is 37.8 Å². The molecule has 64 valence electrons. The first-order valence-electron chi connectivity index (χ1n) is 3.97. The van der Waals surface area contributed by atoms with Gasteiger partial charge in [0.15, 0.2) is 0 Å². The number of nitrogens with zero attached hydrogens (tertiary/aromatic N) is 2. The predicted octanol–water partition coefficient (Wildman–Crippen LogP) is 1.77. The quantitative estimate of drug-likeness (QED) is 0.543. The van der Waals surface area contributed by atoms with Crippen molar-refractivity contribution in [3.63, 3.8) is 0 Å². The molecule has 0 saturated carbocycles. The molecule has 1 heterocycles. The largest absolute Gasteiger partial charge is 0.368 e. The van der Waals surface area contributed by atoms with E-state index in [0.717, 1.165) is 24.5 Å². The third-order valence-electron chi connectivity index (χ3n) is 1.52. The monoisotopic (exact) mass is 163 g/mol. The van der Waals surface area contributed by atoms with Gasteiger partial charge in [0.1, 0.15) is 5.82 Å². The lowest BCUT2D eigenvalue weighted by Gasteiger charge is -2.04.